The summed E-state index contributed by atoms with van der Waals surface area (Å²) in [6, 6.07) is 40.2. The standard InChI is InChI=1S/C27H39N3O4Si.C23H38N2O4Si.C19H34N2OSi.C19H31NO5Si.C13H17NO5.3H2/c1-27(2,3)35(5,6)34-23-15-13-21(14-16-23)25(20-29-17-9-10-18-29)28(4)26(31)19-22-11-7-8-12-24(22)30(32)33;1-22(2,3)28-21(27)24-19(20(26)25-15-9-10-16-25)17-11-13-18(14-12-17)29-30(7,8)23(4,5)6;1-19(2,3)23(5,6)22-17-11-9-16(10-12-17)18(20-4)15-21-13-7-8-14-21;1-18(2,3)24-17(23)20-15(16(21)22)13-9-11-14(12-10-13)25-26(7,8)19(4,5)6;1-13(2,3)19-12(18)14-10(11(16)17)8-4-6-9(15)7-5-8;;;/h7-8,11-16,25H,9-10,17-20H2,1-6H3;11-14,19H,9-10,15-16H2,1-8H3,(H,24,27);9-12,18,20H,7-8,13-15H2,1-6H3;9-12,15H,1-8H3,(H,20,23)(H,21,22);4-7,10,15H,1-3H3,(H,14,18)(H,16,17);3*1H/t25-;19-;18-;15-;10-;;;/m10100.../s1. The molecule has 5 atom stereocenters. The number of hydrogen-bond acceptors (Lipinski definition) is 20. The molecule has 3 heterocycles. The normalized spacial score (nSPS) is 15.4. The fourth-order valence-electron chi connectivity index (χ4n) is 13.2. The Balaban J connectivity index is 0.000000580. The van der Waals surface area contributed by atoms with Crippen LogP contribution in [0.15, 0.2) is 146 Å². The Labute approximate surface area is 801 Å². The van der Waals surface area contributed by atoms with Crippen molar-refractivity contribution in [3.63, 3.8) is 0 Å². The maximum absolute atomic E-state index is 13.3. The molecule has 6 aromatic carbocycles. The summed E-state index contributed by atoms with van der Waals surface area (Å²) in [4.78, 5) is 104. The zero-order valence-corrected chi connectivity index (χ0v) is 89.5. The molecule has 0 aliphatic carbocycles. The van der Waals surface area contributed by atoms with Gasteiger partial charge in [0.05, 0.1) is 17.4 Å². The van der Waals surface area contributed by atoms with Gasteiger partial charge in [-0.1, -0.05) is 162 Å². The number of nitro benzene ring substituents is 1. The van der Waals surface area contributed by atoms with E-state index >= 15 is 0 Å². The van der Waals surface area contributed by atoms with Gasteiger partial charge in [-0.2, -0.15) is 0 Å². The predicted molar refractivity (Wildman–Crippen MR) is 544 cm³/mol. The number of nitro groups is 1. The van der Waals surface area contributed by atoms with Crippen LogP contribution in [0.1, 0.15) is 252 Å². The van der Waals surface area contributed by atoms with Gasteiger partial charge >= 0.3 is 30.2 Å². The first-order valence-corrected chi connectivity index (χ1v) is 58.0. The minimum absolute atomic E-state index is 0. The van der Waals surface area contributed by atoms with Crippen LogP contribution in [0.3, 0.4) is 0 Å². The van der Waals surface area contributed by atoms with E-state index in [1.54, 1.807) is 117 Å². The van der Waals surface area contributed by atoms with Crippen molar-refractivity contribution in [2.75, 3.05) is 66.5 Å². The van der Waals surface area contributed by atoms with Gasteiger partial charge in [0, 0.05) is 55.2 Å². The first kappa shape index (κ1) is 114. The van der Waals surface area contributed by atoms with Gasteiger partial charge in [-0.3, -0.25) is 19.7 Å². The number of carboxylic acid groups (broad SMARTS) is 2. The van der Waals surface area contributed by atoms with Crippen molar-refractivity contribution >= 4 is 81.0 Å². The van der Waals surface area contributed by atoms with Crippen LogP contribution >= 0.6 is 0 Å². The number of amides is 5. The van der Waals surface area contributed by atoms with E-state index in [-0.39, 0.29) is 60.1 Å². The zero-order chi connectivity index (χ0) is 101. The van der Waals surface area contributed by atoms with Gasteiger partial charge in [0.1, 0.15) is 51.6 Å². The van der Waals surface area contributed by atoms with Crippen LogP contribution in [0.25, 0.3) is 0 Å². The predicted octanol–water partition coefficient (Wildman–Crippen LogP) is 23.0. The largest absolute Gasteiger partial charge is 0.544 e. The Bertz CT molecular complexity index is 4740. The number of carboxylic acids is 2. The Hall–Kier alpha value is -9.84. The lowest BCUT2D eigenvalue weighted by molar-refractivity contribution is -0.385. The molecule has 0 radical (unpaired) electrons. The third-order valence-electron chi connectivity index (χ3n) is 25.1. The van der Waals surface area contributed by atoms with Crippen LogP contribution in [0, 0.1) is 10.1 Å². The van der Waals surface area contributed by atoms with E-state index in [1.807, 2.05) is 41.3 Å². The number of aromatic hydroxyl groups is 1. The molecular formula is C101H165N9O19Si4. The van der Waals surface area contributed by atoms with Crippen molar-refractivity contribution in [2.24, 2.45) is 0 Å². The monoisotopic (exact) mass is 1920 g/mol. The second-order valence-electron chi connectivity index (χ2n) is 43.7. The highest BCUT2D eigenvalue weighted by atomic mass is 28.4. The van der Waals surface area contributed by atoms with Crippen molar-refractivity contribution in [2.45, 2.75) is 310 Å². The van der Waals surface area contributed by atoms with Crippen molar-refractivity contribution in [1.29, 1.82) is 0 Å². The molecule has 7 N–H and O–H groups in total. The highest BCUT2D eigenvalue weighted by molar-refractivity contribution is 6.76. The first-order chi connectivity index (χ1) is 61.1. The van der Waals surface area contributed by atoms with Crippen LogP contribution in [-0.4, -0.2) is 198 Å². The van der Waals surface area contributed by atoms with Crippen LogP contribution in [0.2, 0.25) is 72.5 Å². The Morgan fingerprint density at radius 1 is 0.421 bits per heavy atom. The van der Waals surface area contributed by atoms with E-state index in [4.69, 9.17) is 42.1 Å². The first-order valence-electron chi connectivity index (χ1n) is 46.4. The summed E-state index contributed by atoms with van der Waals surface area (Å²) < 4.78 is 40.9. The molecule has 28 nitrogen and oxygen atoms in total. The molecule has 0 unspecified atom stereocenters. The van der Waals surface area contributed by atoms with Gasteiger partial charge in [0.15, 0.2) is 12.1 Å². The van der Waals surface area contributed by atoms with Crippen LogP contribution < -0.4 is 39.0 Å². The number of ether oxygens (including phenoxy) is 3. The van der Waals surface area contributed by atoms with Crippen LogP contribution in [-0.2, 0) is 39.8 Å². The van der Waals surface area contributed by atoms with E-state index in [0.29, 0.717) is 28.5 Å². The highest BCUT2D eigenvalue weighted by Gasteiger charge is 2.44. The number of hydrogen-bond donors (Lipinski definition) is 7. The number of para-hydroxylation sites is 1. The molecule has 3 aliphatic rings. The molecular weight excluding hydrogens is 1760 g/mol. The lowest BCUT2D eigenvalue weighted by Crippen LogP contribution is -2.44. The molecule has 3 fully saturated rings. The molecule has 133 heavy (non-hydrogen) atoms. The van der Waals surface area contributed by atoms with Gasteiger partial charge < -0.3 is 88.1 Å². The molecule has 0 bridgehead atoms. The lowest BCUT2D eigenvalue weighted by atomic mass is 10.0. The van der Waals surface area contributed by atoms with Crippen LogP contribution in [0.5, 0.6) is 28.7 Å². The third kappa shape index (κ3) is 37.4. The topological polar surface area (TPSA) is 349 Å². The average Bonchev–Trinajstić information content (AvgIpc) is 1.86. The summed E-state index contributed by atoms with van der Waals surface area (Å²) in [5, 5.41) is 50.5. The number of carbonyl (C=O) groups is 7. The summed E-state index contributed by atoms with van der Waals surface area (Å²) in [6.45, 7) is 67.7. The smallest absolute Gasteiger partial charge is 0.408 e. The van der Waals surface area contributed by atoms with Crippen molar-refractivity contribution in [3.8, 4) is 28.7 Å². The molecule has 3 saturated heterocycles. The van der Waals surface area contributed by atoms with Crippen molar-refractivity contribution in [1.82, 2.24) is 40.9 Å². The number of nitrogens with one attached hydrogen (secondary N) is 4. The van der Waals surface area contributed by atoms with E-state index in [1.165, 1.54) is 74.7 Å². The number of benzene rings is 6. The lowest BCUT2D eigenvalue weighted by Gasteiger charge is -2.36. The number of phenolic OH excluding ortho intramolecular Hbond substituents is 1. The molecule has 3 aliphatic heterocycles. The SMILES string of the molecule is CC(C)(C)OC(=O)N[C@H](C(=O)N1CCCC1)c1ccc(O[Si](C)(C)C(C)(C)C)cc1.CC(C)(C)OC(=O)N[C@H](C(=O)O)c1ccc(O)cc1.CC(C)(C)OC(=O)N[C@H](C(=O)O)c1ccc(O[Si](C)(C)C(C)(C)C)cc1.CN(C(=O)Cc1ccccc1[N+](=O)[O-])[C@H](CN1CCCC1)c1ccc(O[Si](C)(C)C(C)(C)C)cc1.CN[C@H](CN1CCCC1)c1ccc(O[Si](C)(C)C(C)(C)C)cc1.[HH].[HH].[HH]. The summed E-state index contributed by atoms with van der Waals surface area (Å²) in [5.41, 5.74) is 2.29. The molecule has 9 rings (SSSR count). The number of rotatable bonds is 28. The number of aliphatic carboxylic acids is 2. The second kappa shape index (κ2) is 48.1. The minimum atomic E-state index is -1.97. The highest BCUT2D eigenvalue weighted by Crippen LogP contribution is 2.43. The fourth-order valence-corrected chi connectivity index (χ4v) is 17.4. The minimum Gasteiger partial charge on any atom is -0.544 e. The quantitative estimate of drug-likeness (QED) is 0.0104. The number of likely N-dealkylation sites (tertiary alicyclic amines) is 3. The van der Waals surface area contributed by atoms with Crippen LogP contribution in [0.4, 0.5) is 20.1 Å². The Morgan fingerprint density at radius 2 is 0.707 bits per heavy atom. The summed E-state index contributed by atoms with van der Waals surface area (Å²) in [7, 11) is -3.76. The van der Waals surface area contributed by atoms with Gasteiger partial charge in [0.25, 0.3) is 5.69 Å². The summed E-state index contributed by atoms with van der Waals surface area (Å²) in [6.07, 6.45) is 4.82. The zero-order valence-electron chi connectivity index (χ0n) is 85.5. The van der Waals surface area contributed by atoms with E-state index in [9.17, 15) is 48.8 Å². The molecule has 32 heteroatoms. The maximum Gasteiger partial charge on any atom is 0.408 e. The molecule has 0 saturated carbocycles. The molecule has 5 amide bonds. The number of likely N-dealkylation sites (N-methyl/N-ethyl adjacent to an activating group) is 2. The maximum atomic E-state index is 13.3. The number of phenols is 1. The van der Waals surface area contributed by atoms with Gasteiger partial charge in [0.2, 0.25) is 45.1 Å². The Morgan fingerprint density at radius 3 is 1.02 bits per heavy atom. The van der Waals surface area contributed by atoms with Gasteiger partial charge in [-0.05, 0) is 295 Å². The van der Waals surface area contributed by atoms with E-state index in [2.05, 4.69) is 210 Å². The van der Waals surface area contributed by atoms with E-state index in [0.717, 1.165) is 80.5 Å². The number of nitrogens with zero attached hydrogens (tertiary/aromatic N) is 5. The van der Waals surface area contributed by atoms with Crippen molar-refractivity contribution < 1.29 is 90.0 Å². The number of carbonyl (C=O) groups excluding carboxylic acids is 5. The Kier molecular flexibility index (Phi) is 41.1. The van der Waals surface area contributed by atoms with E-state index < -0.39 is 103 Å². The van der Waals surface area contributed by atoms with Crippen molar-refractivity contribution in [3.05, 3.63) is 189 Å². The molecule has 0 aromatic heterocycles. The van der Waals surface area contributed by atoms with Gasteiger partial charge in [-0.15, -0.1) is 0 Å². The molecule has 744 valence electrons. The third-order valence-corrected chi connectivity index (χ3v) is 42.5. The number of alkyl carbamates (subject to hydrolysis) is 3. The second-order valence-corrected chi connectivity index (χ2v) is 62.6. The average molecular weight is 1920 g/mol. The summed E-state index contributed by atoms with van der Waals surface area (Å²) in [5.74, 6) is 0.763. The molecule has 0 spiro atoms. The fraction of sp³-hybridized carbons (Fsp3) is 0.574. The van der Waals surface area contributed by atoms with Gasteiger partial charge in [-0.25, -0.2) is 24.0 Å². The molecule has 6 aromatic rings. The summed E-state index contributed by atoms with van der Waals surface area (Å²) >= 11 is 0.